The molecule has 3 saturated heterocycles. The van der Waals surface area contributed by atoms with Crippen molar-refractivity contribution in [3.05, 3.63) is 47.7 Å². The van der Waals surface area contributed by atoms with Crippen LogP contribution in [-0.2, 0) is 0 Å². The van der Waals surface area contributed by atoms with Gasteiger partial charge in [-0.25, -0.2) is 0 Å². The number of benzene rings is 1. The monoisotopic (exact) mass is 324 g/mol. The molecule has 0 saturated carbocycles. The number of furan rings is 1. The zero-order chi connectivity index (χ0) is 16.7. The van der Waals surface area contributed by atoms with E-state index in [1.54, 1.807) is 6.07 Å². The Bertz CT molecular complexity index is 724. The highest BCUT2D eigenvalue weighted by atomic mass is 16.3. The average molecular weight is 324 g/mol. The fourth-order valence-corrected chi connectivity index (χ4v) is 4.10. The van der Waals surface area contributed by atoms with E-state index in [-0.39, 0.29) is 11.9 Å². The molecule has 3 aliphatic rings. The van der Waals surface area contributed by atoms with Crippen molar-refractivity contribution in [3.8, 4) is 11.3 Å². The smallest absolute Gasteiger partial charge is 0.287 e. The number of amides is 1. The topological polar surface area (TPSA) is 45.5 Å². The molecular weight excluding hydrogens is 300 g/mol. The number of fused-ring (bicyclic) bond motifs is 3. The predicted octanol–water partition coefficient (Wildman–Crippen LogP) is 3.47. The number of carbonyl (C=O) groups excluding carboxylic acids is 1. The van der Waals surface area contributed by atoms with Gasteiger partial charge in [0.15, 0.2) is 5.76 Å². The maximum absolute atomic E-state index is 12.6. The molecular formula is C20H24N2O2. The van der Waals surface area contributed by atoms with Gasteiger partial charge in [-0.2, -0.15) is 0 Å². The standard InChI is InChI=1S/C20H24N2O2/c1-13-3-5-15(6-4-13)17-7-8-18(24-17)20(23)21-19-14(2)22-11-9-16(19)10-12-22/h3-8,14,16,19H,9-12H2,1-2H3,(H,21,23). The minimum absolute atomic E-state index is 0.0982. The lowest BCUT2D eigenvalue weighted by Gasteiger charge is -2.49. The second kappa shape index (κ2) is 6.10. The van der Waals surface area contributed by atoms with Crippen molar-refractivity contribution in [2.45, 2.75) is 38.8 Å². The van der Waals surface area contributed by atoms with Gasteiger partial charge in [0.1, 0.15) is 5.76 Å². The Morgan fingerprint density at radius 1 is 1.12 bits per heavy atom. The van der Waals surface area contributed by atoms with Gasteiger partial charge < -0.3 is 9.73 Å². The molecule has 2 aromatic rings. The van der Waals surface area contributed by atoms with Crippen LogP contribution in [-0.4, -0.2) is 36.0 Å². The molecule has 1 amide bonds. The van der Waals surface area contributed by atoms with E-state index in [1.165, 1.54) is 18.4 Å². The molecule has 2 bridgehead atoms. The van der Waals surface area contributed by atoms with Crippen LogP contribution in [0.1, 0.15) is 35.9 Å². The number of piperidine rings is 3. The van der Waals surface area contributed by atoms with Crippen LogP contribution in [0.25, 0.3) is 11.3 Å². The zero-order valence-electron chi connectivity index (χ0n) is 14.3. The third-order valence-corrected chi connectivity index (χ3v) is 5.64. The third kappa shape index (κ3) is 2.75. The van der Waals surface area contributed by atoms with Crippen LogP contribution in [0.4, 0.5) is 0 Å². The van der Waals surface area contributed by atoms with Gasteiger partial charge in [0.25, 0.3) is 5.91 Å². The molecule has 2 atom stereocenters. The first-order chi connectivity index (χ1) is 11.6. The highest BCUT2D eigenvalue weighted by molar-refractivity contribution is 5.92. The molecule has 1 aromatic carbocycles. The summed E-state index contributed by atoms with van der Waals surface area (Å²) in [6, 6.07) is 12.4. The first-order valence-corrected chi connectivity index (χ1v) is 8.83. The van der Waals surface area contributed by atoms with Crippen LogP contribution in [0.2, 0.25) is 0 Å². The highest BCUT2D eigenvalue weighted by Gasteiger charge is 2.40. The first kappa shape index (κ1) is 15.5. The molecule has 24 heavy (non-hydrogen) atoms. The fraction of sp³-hybridized carbons (Fsp3) is 0.450. The third-order valence-electron chi connectivity index (χ3n) is 5.64. The van der Waals surface area contributed by atoms with Gasteiger partial charge in [0.05, 0.1) is 0 Å². The molecule has 1 N–H and O–H groups in total. The normalized spacial score (nSPS) is 28.8. The van der Waals surface area contributed by atoms with Crippen LogP contribution in [0.5, 0.6) is 0 Å². The van der Waals surface area contributed by atoms with Gasteiger partial charge in [-0.3, -0.25) is 9.69 Å². The summed E-state index contributed by atoms with van der Waals surface area (Å²) in [5.41, 5.74) is 2.20. The van der Waals surface area contributed by atoms with Crippen molar-refractivity contribution in [2.24, 2.45) is 5.92 Å². The van der Waals surface area contributed by atoms with Gasteiger partial charge in [-0.05, 0) is 57.8 Å². The molecule has 0 aliphatic carbocycles. The summed E-state index contributed by atoms with van der Waals surface area (Å²) in [5.74, 6) is 1.63. The predicted molar refractivity (Wildman–Crippen MR) is 93.9 cm³/mol. The molecule has 1 aromatic heterocycles. The van der Waals surface area contributed by atoms with E-state index in [2.05, 4.69) is 24.1 Å². The van der Waals surface area contributed by atoms with E-state index in [1.807, 2.05) is 30.3 Å². The first-order valence-electron chi connectivity index (χ1n) is 8.83. The molecule has 0 radical (unpaired) electrons. The van der Waals surface area contributed by atoms with Crippen LogP contribution >= 0.6 is 0 Å². The Balaban J connectivity index is 1.48. The number of carbonyl (C=O) groups is 1. The molecule has 126 valence electrons. The molecule has 0 spiro atoms. The lowest BCUT2D eigenvalue weighted by Crippen LogP contribution is -2.62. The summed E-state index contributed by atoms with van der Waals surface area (Å²) in [5, 5.41) is 3.22. The zero-order valence-corrected chi connectivity index (χ0v) is 14.3. The summed E-state index contributed by atoms with van der Waals surface area (Å²) in [6.07, 6.45) is 2.37. The van der Waals surface area contributed by atoms with Gasteiger partial charge >= 0.3 is 0 Å². The van der Waals surface area contributed by atoms with Crippen molar-refractivity contribution in [1.82, 2.24) is 10.2 Å². The van der Waals surface area contributed by atoms with Crippen molar-refractivity contribution in [1.29, 1.82) is 0 Å². The summed E-state index contributed by atoms with van der Waals surface area (Å²) in [7, 11) is 0. The largest absolute Gasteiger partial charge is 0.451 e. The Labute approximate surface area is 142 Å². The summed E-state index contributed by atoms with van der Waals surface area (Å²) < 4.78 is 5.80. The lowest BCUT2D eigenvalue weighted by atomic mass is 9.79. The number of nitrogens with one attached hydrogen (secondary N) is 1. The molecule has 2 unspecified atom stereocenters. The van der Waals surface area contributed by atoms with E-state index < -0.39 is 0 Å². The molecule has 4 heterocycles. The average Bonchev–Trinajstić information content (AvgIpc) is 3.09. The van der Waals surface area contributed by atoms with E-state index in [9.17, 15) is 4.79 Å². The summed E-state index contributed by atoms with van der Waals surface area (Å²) >= 11 is 0. The number of rotatable bonds is 3. The Kier molecular flexibility index (Phi) is 3.93. The Morgan fingerprint density at radius 3 is 2.50 bits per heavy atom. The van der Waals surface area contributed by atoms with Gasteiger partial charge in [-0.15, -0.1) is 0 Å². The van der Waals surface area contributed by atoms with Crippen molar-refractivity contribution < 1.29 is 9.21 Å². The van der Waals surface area contributed by atoms with E-state index >= 15 is 0 Å². The second-order valence-electron chi connectivity index (χ2n) is 7.14. The fourth-order valence-electron chi connectivity index (χ4n) is 4.10. The van der Waals surface area contributed by atoms with Crippen LogP contribution in [0.15, 0.2) is 40.8 Å². The Hall–Kier alpha value is -2.07. The SMILES string of the molecule is Cc1ccc(-c2ccc(C(=O)NC3C4CCN(CC4)C3C)o2)cc1. The molecule has 3 aliphatic heterocycles. The van der Waals surface area contributed by atoms with E-state index in [0.29, 0.717) is 17.7 Å². The van der Waals surface area contributed by atoms with Gasteiger partial charge in [0.2, 0.25) is 0 Å². The van der Waals surface area contributed by atoms with Crippen LogP contribution in [0.3, 0.4) is 0 Å². The molecule has 4 heteroatoms. The minimum atomic E-state index is -0.0982. The van der Waals surface area contributed by atoms with Crippen LogP contribution < -0.4 is 5.32 Å². The number of hydrogen-bond acceptors (Lipinski definition) is 3. The number of hydrogen-bond donors (Lipinski definition) is 1. The molecule has 4 nitrogen and oxygen atoms in total. The van der Waals surface area contributed by atoms with Crippen LogP contribution in [0, 0.1) is 12.8 Å². The Morgan fingerprint density at radius 2 is 1.83 bits per heavy atom. The summed E-state index contributed by atoms with van der Waals surface area (Å²) in [4.78, 5) is 15.1. The molecule has 3 fully saturated rings. The maximum Gasteiger partial charge on any atom is 0.287 e. The number of aryl methyl sites for hydroxylation is 1. The van der Waals surface area contributed by atoms with Crippen molar-refractivity contribution in [3.63, 3.8) is 0 Å². The second-order valence-corrected chi connectivity index (χ2v) is 7.14. The lowest BCUT2D eigenvalue weighted by molar-refractivity contribution is 0.0211. The van der Waals surface area contributed by atoms with Crippen molar-refractivity contribution >= 4 is 5.91 Å². The maximum atomic E-state index is 12.6. The number of nitrogens with zero attached hydrogens (tertiary/aromatic N) is 1. The van der Waals surface area contributed by atoms with Gasteiger partial charge in [-0.1, -0.05) is 29.8 Å². The van der Waals surface area contributed by atoms with Crippen molar-refractivity contribution in [2.75, 3.05) is 13.1 Å². The molecule has 5 rings (SSSR count). The van der Waals surface area contributed by atoms with Gasteiger partial charge in [0, 0.05) is 17.6 Å². The quantitative estimate of drug-likeness (QED) is 0.940. The summed E-state index contributed by atoms with van der Waals surface area (Å²) in [6.45, 7) is 6.60. The minimum Gasteiger partial charge on any atom is -0.451 e. The van der Waals surface area contributed by atoms with E-state index in [0.717, 1.165) is 24.4 Å². The van der Waals surface area contributed by atoms with E-state index in [4.69, 9.17) is 4.42 Å². The highest BCUT2D eigenvalue weighted by Crippen LogP contribution is 2.32.